The average molecular weight is 272 g/mol. The first-order valence-corrected chi connectivity index (χ1v) is 7.81. The van der Waals surface area contributed by atoms with Crippen LogP contribution < -0.4 is 0 Å². The summed E-state index contributed by atoms with van der Waals surface area (Å²) in [5.74, 6) is -0.832. The molecule has 0 spiro atoms. The molecule has 5 heteroatoms. The molecule has 1 unspecified atom stereocenters. The minimum absolute atomic E-state index is 0.0560. The second-order valence-electron chi connectivity index (χ2n) is 4.85. The maximum Gasteiger partial charge on any atom is 0.181 e. The number of aliphatic hydroxyl groups excluding tert-OH is 1. The molecule has 1 aromatic rings. The monoisotopic (exact) mass is 272 g/mol. The van der Waals surface area contributed by atoms with Gasteiger partial charge in [0.2, 0.25) is 0 Å². The van der Waals surface area contributed by atoms with Gasteiger partial charge in [0, 0.05) is 0 Å². The van der Waals surface area contributed by atoms with E-state index < -0.39 is 21.8 Å². The third-order valence-electron chi connectivity index (χ3n) is 3.49. The van der Waals surface area contributed by atoms with Gasteiger partial charge in [0.1, 0.15) is 5.82 Å². The van der Waals surface area contributed by atoms with Gasteiger partial charge in [-0.25, -0.2) is 12.8 Å². The van der Waals surface area contributed by atoms with Crippen LogP contribution in [0.3, 0.4) is 0 Å². The summed E-state index contributed by atoms with van der Waals surface area (Å²) in [6.07, 6.45) is 2.99. The van der Waals surface area contributed by atoms with Gasteiger partial charge in [-0.2, -0.15) is 0 Å². The van der Waals surface area contributed by atoms with Crippen LogP contribution >= 0.6 is 0 Å². The van der Waals surface area contributed by atoms with E-state index in [1.807, 2.05) is 0 Å². The molecule has 3 nitrogen and oxygen atoms in total. The lowest BCUT2D eigenvalue weighted by Gasteiger charge is -2.17. The van der Waals surface area contributed by atoms with Crippen molar-refractivity contribution in [1.82, 2.24) is 0 Å². The Morgan fingerprint density at radius 2 is 2.00 bits per heavy atom. The molecule has 0 bridgehead atoms. The molecule has 2 rings (SSSR count). The van der Waals surface area contributed by atoms with Crippen molar-refractivity contribution in [3.05, 3.63) is 30.1 Å². The standard InChI is InChI=1S/C13H17FO3S/c14-11-6-3-7-12(8-11)18(16,17)9-13(15)10-4-1-2-5-10/h3,6-8,10,13,15H,1-2,4-5,9H2. The topological polar surface area (TPSA) is 54.4 Å². The summed E-state index contributed by atoms with van der Waals surface area (Å²) in [5, 5.41) is 9.94. The summed E-state index contributed by atoms with van der Waals surface area (Å²) in [7, 11) is -3.61. The first kappa shape index (κ1) is 13.5. The maximum atomic E-state index is 13.0. The van der Waals surface area contributed by atoms with Gasteiger partial charge in [0.25, 0.3) is 0 Å². The third-order valence-corrected chi connectivity index (χ3v) is 5.24. The van der Waals surface area contributed by atoms with E-state index in [0.717, 1.165) is 31.7 Å². The van der Waals surface area contributed by atoms with Crippen LogP contribution in [-0.2, 0) is 9.84 Å². The molecule has 0 amide bonds. The van der Waals surface area contributed by atoms with Crippen molar-refractivity contribution < 1.29 is 17.9 Å². The second-order valence-corrected chi connectivity index (χ2v) is 6.88. The lowest BCUT2D eigenvalue weighted by Crippen LogP contribution is -2.27. The van der Waals surface area contributed by atoms with Gasteiger partial charge in [-0.15, -0.1) is 0 Å². The van der Waals surface area contributed by atoms with E-state index in [2.05, 4.69) is 0 Å². The molecule has 1 aromatic carbocycles. The Morgan fingerprint density at radius 1 is 1.33 bits per heavy atom. The minimum Gasteiger partial charge on any atom is -0.392 e. The van der Waals surface area contributed by atoms with Gasteiger partial charge in [-0.3, -0.25) is 0 Å². The first-order valence-electron chi connectivity index (χ1n) is 6.15. The van der Waals surface area contributed by atoms with Crippen molar-refractivity contribution in [3.63, 3.8) is 0 Å². The van der Waals surface area contributed by atoms with Crippen LogP contribution in [0.2, 0.25) is 0 Å². The summed E-state index contributed by atoms with van der Waals surface area (Å²) in [4.78, 5) is -0.0560. The van der Waals surface area contributed by atoms with Crippen LogP contribution in [-0.4, -0.2) is 25.4 Å². The summed E-state index contributed by atoms with van der Waals surface area (Å²) < 4.78 is 37.1. The predicted octanol–water partition coefficient (Wildman–Crippen LogP) is 2.15. The molecule has 1 aliphatic rings. The number of halogens is 1. The fourth-order valence-corrected chi connectivity index (χ4v) is 3.95. The molecule has 100 valence electrons. The van der Waals surface area contributed by atoms with Crippen molar-refractivity contribution in [2.24, 2.45) is 5.92 Å². The van der Waals surface area contributed by atoms with Gasteiger partial charge in [0.05, 0.1) is 16.8 Å². The van der Waals surface area contributed by atoms with Gasteiger partial charge in [-0.05, 0) is 37.0 Å². The van der Waals surface area contributed by atoms with E-state index in [9.17, 15) is 17.9 Å². The normalized spacial score (nSPS) is 19.0. The van der Waals surface area contributed by atoms with Crippen molar-refractivity contribution in [3.8, 4) is 0 Å². The van der Waals surface area contributed by atoms with E-state index in [-0.39, 0.29) is 16.6 Å². The van der Waals surface area contributed by atoms with Crippen LogP contribution in [0.15, 0.2) is 29.2 Å². The van der Waals surface area contributed by atoms with Gasteiger partial charge < -0.3 is 5.11 Å². The molecule has 0 aromatic heterocycles. The van der Waals surface area contributed by atoms with E-state index in [1.165, 1.54) is 18.2 Å². The van der Waals surface area contributed by atoms with Crippen LogP contribution in [0, 0.1) is 11.7 Å². The highest BCUT2D eigenvalue weighted by molar-refractivity contribution is 7.91. The zero-order chi connectivity index (χ0) is 13.2. The van der Waals surface area contributed by atoms with E-state index in [0.29, 0.717) is 0 Å². The largest absolute Gasteiger partial charge is 0.392 e. The smallest absolute Gasteiger partial charge is 0.181 e. The Bertz CT molecular complexity index is 507. The summed E-state index contributed by atoms with van der Waals surface area (Å²) in [5.41, 5.74) is 0. The summed E-state index contributed by atoms with van der Waals surface area (Å²) >= 11 is 0. The van der Waals surface area contributed by atoms with Crippen molar-refractivity contribution in [1.29, 1.82) is 0 Å². The Labute approximate surface area is 107 Å². The molecule has 1 saturated carbocycles. The number of rotatable bonds is 4. The van der Waals surface area contributed by atoms with Crippen LogP contribution in [0.5, 0.6) is 0 Å². The molecule has 0 heterocycles. The molecule has 1 aliphatic carbocycles. The Balaban J connectivity index is 2.11. The lowest BCUT2D eigenvalue weighted by molar-refractivity contribution is 0.131. The highest BCUT2D eigenvalue weighted by Gasteiger charge is 2.28. The Hall–Kier alpha value is -0.940. The number of aliphatic hydroxyl groups is 1. The predicted molar refractivity (Wildman–Crippen MR) is 66.4 cm³/mol. The van der Waals surface area contributed by atoms with Crippen LogP contribution in [0.4, 0.5) is 4.39 Å². The summed E-state index contributed by atoms with van der Waals surface area (Å²) in [6, 6.07) is 4.92. The average Bonchev–Trinajstić information content (AvgIpc) is 2.82. The quantitative estimate of drug-likeness (QED) is 0.913. The molecule has 0 saturated heterocycles. The van der Waals surface area contributed by atoms with E-state index >= 15 is 0 Å². The minimum atomic E-state index is -3.61. The van der Waals surface area contributed by atoms with E-state index in [1.54, 1.807) is 0 Å². The zero-order valence-electron chi connectivity index (χ0n) is 10.0. The fourth-order valence-electron chi connectivity index (χ4n) is 2.46. The molecular formula is C13H17FO3S. The van der Waals surface area contributed by atoms with Crippen molar-refractivity contribution >= 4 is 9.84 Å². The van der Waals surface area contributed by atoms with Crippen LogP contribution in [0.25, 0.3) is 0 Å². The number of sulfone groups is 1. The number of hydrogen-bond donors (Lipinski definition) is 1. The second kappa shape index (κ2) is 5.36. The maximum absolute atomic E-state index is 13.0. The molecule has 1 N–H and O–H groups in total. The molecule has 1 fully saturated rings. The lowest BCUT2D eigenvalue weighted by atomic mass is 10.0. The first-order chi connectivity index (χ1) is 8.49. The highest BCUT2D eigenvalue weighted by atomic mass is 32.2. The molecular weight excluding hydrogens is 255 g/mol. The van der Waals surface area contributed by atoms with Crippen molar-refractivity contribution in [2.75, 3.05) is 5.75 Å². The van der Waals surface area contributed by atoms with Gasteiger partial charge in [-0.1, -0.05) is 18.9 Å². The SMILES string of the molecule is O=S(=O)(CC(O)C1CCCC1)c1cccc(F)c1. The number of benzene rings is 1. The van der Waals surface area contributed by atoms with Crippen molar-refractivity contribution in [2.45, 2.75) is 36.7 Å². The Kier molecular flexibility index (Phi) is 4.02. The zero-order valence-corrected chi connectivity index (χ0v) is 10.9. The Morgan fingerprint density at radius 3 is 2.61 bits per heavy atom. The molecule has 0 aliphatic heterocycles. The summed E-state index contributed by atoms with van der Waals surface area (Å²) in [6.45, 7) is 0. The highest BCUT2D eigenvalue weighted by Crippen LogP contribution is 2.29. The number of hydrogen-bond acceptors (Lipinski definition) is 3. The van der Waals surface area contributed by atoms with Gasteiger partial charge >= 0.3 is 0 Å². The molecule has 18 heavy (non-hydrogen) atoms. The van der Waals surface area contributed by atoms with E-state index in [4.69, 9.17) is 0 Å². The van der Waals surface area contributed by atoms with Crippen LogP contribution in [0.1, 0.15) is 25.7 Å². The fraction of sp³-hybridized carbons (Fsp3) is 0.538. The third kappa shape index (κ3) is 3.09. The molecule has 1 atom stereocenters. The van der Waals surface area contributed by atoms with Gasteiger partial charge in [0.15, 0.2) is 9.84 Å². The molecule has 0 radical (unpaired) electrons.